The van der Waals surface area contributed by atoms with Gasteiger partial charge in [0.1, 0.15) is 6.04 Å². The van der Waals surface area contributed by atoms with Crippen molar-refractivity contribution < 1.29 is 14.3 Å². The van der Waals surface area contributed by atoms with E-state index in [0.717, 1.165) is 26.2 Å². The molecule has 1 atom stereocenters. The van der Waals surface area contributed by atoms with E-state index in [-0.39, 0.29) is 11.9 Å². The standard InChI is InChI=1S/C16H30N4O3/c1-13(2)12-14(15(21)19-6-4-18(3)5-7-19)17-16(22)20-8-10-23-11-9-20/h13-14H,4-12H2,1-3H3,(H,17,22)/t14-/m0/s1. The molecule has 2 aliphatic heterocycles. The minimum absolute atomic E-state index is 0.0495. The molecule has 23 heavy (non-hydrogen) atoms. The largest absolute Gasteiger partial charge is 0.378 e. The average Bonchev–Trinajstić information content (AvgIpc) is 2.54. The first-order valence-electron chi connectivity index (χ1n) is 8.58. The molecule has 0 unspecified atom stereocenters. The van der Waals surface area contributed by atoms with Crippen molar-refractivity contribution >= 4 is 11.9 Å². The second-order valence-electron chi connectivity index (χ2n) is 6.86. The van der Waals surface area contributed by atoms with Crippen LogP contribution in [0, 0.1) is 5.92 Å². The summed E-state index contributed by atoms with van der Waals surface area (Å²) in [6, 6.07) is -0.588. The molecule has 0 saturated carbocycles. The normalized spacial score (nSPS) is 21.4. The number of carbonyl (C=O) groups is 2. The Morgan fingerprint density at radius 2 is 1.61 bits per heavy atom. The molecule has 2 rings (SSSR count). The minimum atomic E-state index is -0.436. The molecule has 2 aliphatic rings. The van der Waals surface area contributed by atoms with Gasteiger partial charge < -0.3 is 24.8 Å². The maximum absolute atomic E-state index is 12.8. The third-order valence-electron chi connectivity index (χ3n) is 4.42. The first kappa shape index (κ1) is 18.0. The van der Waals surface area contributed by atoms with Crippen molar-refractivity contribution in [2.24, 2.45) is 5.92 Å². The minimum Gasteiger partial charge on any atom is -0.378 e. The number of hydrogen-bond acceptors (Lipinski definition) is 4. The predicted octanol–water partition coefficient (Wildman–Crippen LogP) is 0.217. The fraction of sp³-hybridized carbons (Fsp3) is 0.875. The van der Waals surface area contributed by atoms with E-state index in [2.05, 4.69) is 31.1 Å². The molecule has 2 heterocycles. The molecule has 0 radical (unpaired) electrons. The van der Waals surface area contributed by atoms with Crippen molar-refractivity contribution in [1.82, 2.24) is 20.0 Å². The fourth-order valence-electron chi connectivity index (χ4n) is 2.95. The molecule has 0 bridgehead atoms. The molecule has 3 amide bonds. The SMILES string of the molecule is CC(C)C[C@H](NC(=O)N1CCOCC1)C(=O)N1CCN(C)CC1. The number of urea groups is 1. The first-order valence-corrected chi connectivity index (χ1v) is 8.58. The van der Waals surface area contributed by atoms with Crippen LogP contribution in [0.15, 0.2) is 0 Å². The lowest BCUT2D eigenvalue weighted by molar-refractivity contribution is -0.135. The Labute approximate surface area is 138 Å². The summed E-state index contributed by atoms with van der Waals surface area (Å²) < 4.78 is 5.27. The van der Waals surface area contributed by atoms with Crippen LogP contribution >= 0.6 is 0 Å². The van der Waals surface area contributed by atoms with Gasteiger partial charge in [-0.15, -0.1) is 0 Å². The highest BCUT2D eigenvalue weighted by atomic mass is 16.5. The van der Waals surface area contributed by atoms with Gasteiger partial charge in [0, 0.05) is 39.3 Å². The first-order chi connectivity index (χ1) is 11.0. The van der Waals surface area contributed by atoms with E-state index in [1.165, 1.54) is 0 Å². The molecular weight excluding hydrogens is 296 g/mol. The third kappa shape index (κ3) is 5.35. The number of morpholine rings is 1. The molecule has 0 aromatic heterocycles. The van der Waals surface area contributed by atoms with E-state index in [4.69, 9.17) is 4.74 Å². The van der Waals surface area contributed by atoms with Gasteiger partial charge in [-0.3, -0.25) is 4.79 Å². The molecule has 7 nitrogen and oxygen atoms in total. The summed E-state index contributed by atoms with van der Waals surface area (Å²) in [4.78, 5) is 31.0. The van der Waals surface area contributed by atoms with Crippen molar-refractivity contribution in [2.75, 3.05) is 59.5 Å². The van der Waals surface area contributed by atoms with Gasteiger partial charge >= 0.3 is 6.03 Å². The summed E-state index contributed by atoms with van der Waals surface area (Å²) in [5.41, 5.74) is 0. The molecule has 132 valence electrons. The Morgan fingerprint density at radius 1 is 1.00 bits per heavy atom. The molecule has 0 aromatic rings. The number of nitrogens with one attached hydrogen (secondary N) is 1. The molecule has 1 N–H and O–H groups in total. The van der Waals surface area contributed by atoms with E-state index in [9.17, 15) is 9.59 Å². The van der Waals surface area contributed by atoms with Crippen molar-refractivity contribution in [3.05, 3.63) is 0 Å². The molecule has 2 saturated heterocycles. The number of likely N-dealkylation sites (N-methyl/N-ethyl adjacent to an activating group) is 1. The van der Waals surface area contributed by atoms with Crippen molar-refractivity contribution in [3.8, 4) is 0 Å². The second kappa shape index (κ2) is 8.49. The number of piperazine rings is 1. The van der Waals surface area contributed by atoms with Crippen molar-refractivity contribution in [2.45, 2.75) is 26.3 Å². The van der Waals surface area contributed by atoms with Crippen LogP contribution in [-0.4, -0.2) is 92.2 Å². The highest BCUT2D eigenvalue weighted by Gasteiger charge is 2.30. The van der Waals surface area contributed by atoms with E-state index in [1.807, 2.05) is 4.90 Å². The fourth-order valence-corrected chi connectivity index (χ4v) is 2.95. The van der Waals surface area contributed by atoms with Crippen LogP contribution in [0.2, 0.25) is 0 Å². The Hall–Kier alpha value is -1.34. The van der Waals surface area contributed by atoms with Gasteiger partial charge in [0.25, 0.3) is 0 Å². The lowest BCUT2D eigenvalue weighted by Crippen LogP contribution is -2.57. The van der Waals surface area contributed by atoms with E-state index in [0.29, 0.717) is 38.6 Å². The predicted molar refractivity (Wildman–Crippen MR) is 88.2 cm³/mol. The molecule has 0 aliphatic carbocycles. The van der Waals surface area contributed by atoms with Gasteiger partial charge in [0.2, 0.25) is 5.91 Å². The molecule has 2 fully saturated rings. The van der Waals surface area contributed by atoms with Crippen LogP contribution in [0.5, 0.6) is 0 Å². The lowest BCUT2D eigenvalue weighted by Gasteiger charge is -2.36. The Bertz CT molecular complexity index is 402. The smallest absolute Gasteiger partial charge is 0.318 e. The number of rotatable bonds is 4. The monoisotopic (exact) mass is 326 g/mol. The van der Waals surface area contributed by atoms with E-state index in [1.54, 1.807) is 4.90 Å². The van der Waals surface area contributed by atoms with Crippen LogP contribution in [0.4, 0.5) is 4.79 Å². The highest BCUT2D eigenvalue weighted by Crippen LogP contribution is 2.11. The van der Waals surface area contributed by atoms with E-state index < -0.39 is 6.04 Å². The summed E-state index contributed by atoms with van der Waals surface area (Å²) in [6.07, 6.45) is 0.668. The average molecular weight is 326 g/mol. The van der Waals surface area contributed by atoms with Crippen LogP contribution < -0.4 is 5.32 Å². The van der Waals surface area contributed by atoms with Crippen molar-refractivity contribution in [1.29, 1.82) is 0 Å². The lowest BCUT2D eigenvalue weighted by atomic mass is 10.0. The van der Waals surface area contributed by atoms with Gasteiger partial charge in [-0.1, -0.05) is 13.8 Å². The summed E-state index contributed by atoms with van der Waals surface area (Å²) in [5, 5.41) is 2.95. The number of amides is 3. The molecular formula is C16H30N4O3. The number of ether oxygens (including phenoxy) is 1. The summed E-state index contributed by atoms with van der Waals surface area (Å²) >= 11 is 0. The summed E-state index contributed by atoms with van der Waals surface area (Å²) in [7, 11) is 2.06. The zero-order valence-corrected chi connectivity index (χ0v) is 14.6. The third-order valence-corrected chi connectivity index (χ3v) is 4.42. The van der Waals surface area contributed by atoms with Crippen molar-refractivity contribution in [3.63, 3.8) is 0 Å². The topological polar surface area (TPSA) is 65.1 Å². The summed E-state index contributed by atoms with van der Waals surface area (Å²) in [5.74, 6) is 0.398. The maximum Gasteiger partial charge on any atom is 0.318 e. The number of nitrogens with zero attached hydrogens (tertiary/aromatic N) is 3. The zero-order valence-electron chi connectivity index (χ0n) is 14.6. The zero-order chi connectivity index (χ0) is 16.8. The van der Waals surface area contributed by atoms with Gasteiger partial charge in [0.05, 0.1) is 13.2 Å². The molecule has 0 spiro atoms. The van der Waals surface area contributed by atoms with Crippen LogP contribution in [0.3, 0.4) is 0 Å². The maximum atomic E-state index is 12.8. The highest BCUT2D eigenvalue weighted by molar-refractivity contribution is 5.87. The quantitative estimate of drug-likeness (QED) is 0.802. The number of carbonyl (C=O) groups excluding carboxylic acids is 2. The van der Waals surface area contributed by atoms with Crippen LogP contribution in [0.25, 0.3) is 0 Å². The summed E-state index contributed by atoms with van der Waals surface area (Å²) in [6.45, 7) is 9.69. The Balaban J connectivity index is 1.95. The van der Waals surface area contributed by atoms with Gasteiger partial charge in [-0.25, -0.2) is 4.79 Å². The Morgan fingerprint density at radius 3 is 2.17 bits per heavy atom. The van der Waals surface area contributed by atoms with Crippen LogP contribution in [-0.2, 0) is 9.53 Å². The van der Waals surface area contributed by atoms with Gasteiger partial charge in [-0.2, -0.15) is 0 Å². The Kier molecular flexibility index (Phi) is 6.65. The van der Waals surface area contributed by atoms with Gasteiger partial charge in [-0.05, 0) is 19.4 Å². The second-order valence-corrected chi connectivity index (χ2v) is 6.86. The van der Waals surface area contributed by atoms with Gasteiger partial charge in [0.15, 0.2) is 0 Å². The van der Waals surface area contributed by atoms with E-state index >= 15 is 0 Å². The number of hydrogen-bond donors (Lipinski definition) is 1. The van der Waals surface area contributed by atoms with Crippen LogP contribution in [0.1, 0.15) is 20.3 Å². The molecule has 0 aromatic carbocycles. The molecule has 7 heteroatoms.